The van der Waals surface area contributed by atoms with Gasteiger partial charge in [-0.2, -0.15) is 0 Å². The van der Waals surface area contributed by atoms with Gasteiger partial charge in [0.1, 0.15) is 0 Å². The molecule has 2 aliphatic carbocycles. The van der Waals surface area contributed by atoms with Crippen molar-refractivity contribution in [1.82, 2.24) is 18.7 Å². The normalized spacial score (nSPS) is 11.9. The Morgan fingerprint density at radius 1 is 0.260 bits per heavy atom. The van der Waals surface area contributed by atoms with Crippen molar-refractivity contribution in [3.63, 3.8) is 0 Å². The van der Waals surface area contributed by atoms with E-state index in [-0.39, 0.29) is 0 Å². The van der Waals surface area contributed by atoms with E-state index >= 15 is 0 Å². The van der Waals surface area contributed by atoms with Crippen LogP contribution in [-0.2, 0) is 12.8 Å². The van der Waals surface area contributed by atoms with Crippen molar-refractivity contribution in [2.45, 2.75) is 12.8 Å². The van der Waals surface area contributed by atoms with Crippen molar-refractivity contribution in [1.29, 1.82) is 0 Å². The summed E-state index contributed by atoms with van der Waals surface area (Å²) in [6.07, 6.45) is 1.97. The van der Waals surface area contributed by atoms with Gasteiger partial charge in [0.25, 0.3) is 0 Å². The molecule has 0 amide bonds. The number of H-pyrrole nitrogens is 1. The van der Waals surface area contributed by atoms with Crippen LogP contribution in [0.15, 0.2) is 350 Å². The van der Waals surface area contributed by atoms with Crippen molar-refractivity contribution in [3.8, 4) is 61.6 Å². The summed E-state index contributed by atoms with van der Waals surface area (Å²) in [5, 5.41) is 28.6. The largest absolute Gasteiger partial charge is 0.488 e. The number of halogens is 1. The average molecular weight is 1350 g/mol. The molecule has 2 aliphatic rings. The number of aromatic amines is 1. The van der Waals surface area contributed by atoms with Crippen LogP contribution in [0, 0.1) is 0 Å². The number of nitrogens with zero attached hydrogens (tertiary/aromatic N) is 3. The van der Waals surface area contributed by atoms with Crippen molar-refractivity contribution in [2.24, 2.45) is 0 Å². The fourth-order valence-electron chi connectivity index (χ4n) is 15.4. The van der Waals surface area contributed by atoms with Crippen LogP contribution in [0.4, 0.5) is 0 Å². The van der Waals surface area contributed by atoms with Gasteiger partial charge in [-0.25, -0.2) is 0 Å². The Morgan fingerprint density at radius 3 is 1.12 bits per heavy atom. The van der Waals surface area contributed by atoms with E-state index in [9.17, 15) is 0 Å². The monoisotopic (exact) mass is 1350 g/mol. The van der Waals surface area contributed by atoms with Crippen molar-refractivity contribution >= 4 is 116 Å². The number of rotatable bonds is 6. The van der Waals surface area contributed by atoms with Gasteiger partial charge in [0.05, 0.1) is 33.1 Å². The molecule has 0 radical (unpaired) electrons. The number of hydrogen-bond acceptors (Lipinski definition) is 2. The van der Waals surface area contributed by atoms with Crippen LogP contribution in [0.25, 0.3) is 149 Å². The first-order chi connectivity index (χ1) is 49.3. The fraction of sp³-hybridized carbons (Fsp3) is 0.0217. The molecule has 19 aromatic rings. The summed E-state index contributed by atoms with van der Waals surface area (Å²) in [7, 11) is -1.39. The Hall–Kier alpha value is -12.0. The van der Waals surface area contributed by atoms with Gasteiger partial charge in [-0.05, 0) is 206 Å². The molecule has 0 bridgehead atoms. The van der Waals surface area contributed by atoms with Gasteiger partial charge in [-0.15, -0.1) is 0 Å². The molecule has 0 fully saturated rings. The number of benzene rings is 15. The van der Waals surface area contributed by atoms with Gasteiger partial charge in [-0.3, -0.25) is 0 Å². The van der Waals surface area contributed by atoms with E-state index in [1.54, 1.807) is 6.07 Å². The second-order valence-corrected chi connectivity index (χ2v) is 26.9. The molecule has 0 saturated carbocycles. The Kier molecular flexibility index (Phi) is 15.4. The maximum atomic E-state index is 9.16. The number of aromatic nitrogens is 4. The van der Waals surface area contributed by atoms with E-state index in [1.165, 1.54) is 165 Å². The molecule has 0 unspecified atom stereocenters. The van der Waals surface area contributed by atoms with Crippen molar-refractivity contribution < 1.29 is 10.0 Å². The molecule has 100 heavy (non-hydrogen) atoms. The first-order valence-electron chi connectivity index (χ1n) is 34.0. The van der Waals surface area contributed by atoms with Crippen LogP contribution in [0.3, 0.4) is 0 Å². The topological polar surface area (TPSA) is 71.0 Å². The molecular formula is C92H64BBrN4O2. The molecule has 6 nitrogen and oxygen atoms in total. The molecule has 4 heterocycles. The zero-order valence-electron chi connectivity index (χ0n) is 54.5. The van der Waals surface area contributed by atoms with Crippen LogP contribution < -0.4 is 5.46 Å². The Bertz CT molecular complexity index is 6350. The van der Waals surface area contributed by atoms with Crippen LogP contribution in [0.5, 0.6) is 0 Å². The molecule has 0 aliphatic heterocycles. The van der Waals surface area contributed by atoms with Gasteiger partial charge >= 0.3 is 7.12 Å². The fourth-order valence-corrected chi connectivity index (χ4v) is 15.8. The summed E-state index contributed by atoms with van der Waals surface area (Å²) in [6, 6.07) is 123. The molecule has 8 heteroatoms. The first kappa shape index (κ1) is 60.4. The summed E-state index contributed by atoms with van der Waals surface area (Å²) in [5.41, 5.74) is 29.5. The average Bonchev–Trinajstić information content (AvgIpc) is 1.60. The minimum absolute atomic E-state index is 0.551. The Labute approximate surface area is 587 Å². The van der Waals surface area contributed by atoms with Crippen molar-refractivity contribution in [3.05, 3.63) is 373 Å². The lowest BCUT2D eigenvalue weighted by Gasteiger charge is -2.09. The molecule has 15 aromatic carbocycles. The highest BCUT2D eigenvalue weighted by Crippen LogP contribution is 2.43. The Balaban J connectivity index is 0.0000000997. The van der Waals surface area contributed by atoms with E-state index in [2.05, 4.69) is 344 Å². The molecule has 0 saturated heterocycles. The number of nitrogens with one attached hydrogen (secondary N) is 1. The van der Waals surface area contributed by atoms with Crippen LogP contribution in [-0.4, -0.2) is 35.9 Å². The lowest BCUT2D eigenvalue weighted by atomic mass is 9.79. The molecule has 4 aromatic heterocycles. The second-order valence-electron chi connectivity index (χ2n) is 26.0. The van der Waals surface area contributed by atoms with E-state index in [0.29, 0.717) is 5.46 Å². The minimum atomic E-state index is -1.39. The van der Waals surface area contributed by atoms with Gasteiger partial charge in [0.2, 0.25) is 0 Å². The third-order valence-corrected chi connectivity index (χ3v) is 20.6. The molecule has 474 valence electrons. The van der Waals surface area contributed by atoms with Crippen LogP contribution >= 0.6 is 15.9 Å². The Morgan fingerprint density at radius 2 is 0.610 bits per heavy atom. The smallest absolute Gasteiger partial charge is 0.423 e. The predicted molar refractivity (Wildman–Crippen MR) is 423 cm³/mol. The number of fused-ring (bicyclic) bond motifs is 18. The van der Waals surface area contributed by atoms with E-state index in [4.69, 9.17) is 10.0 Å². The predicted octanol–water partition coefficient (Wildman–Crippen LogP) is 22.6. The molecule has 21 rings (SSSR count). The standard InChI is InChI=1S/C31H21N.C30H20N2.C18H12BrN.C13H11BO2/c1-2-9-25(10-3-1)32-30-13-7-6-12-27(30)29-20-22(16-17-31(29)32)21-14-15-24-18-23-8-4-5-11-26(23)28(24)19-21;1-2-8-22(9-3-1)32-29-13-7-5-11-24(29)26-19-21(15-17-30(26)32)20-14-16-28-25(18-20)23-10-4-6-12-27(23)31-28;19-13-10-11-18-16(12-13)15-8-4-5-9-17(15)20(18)14-6-2-1-3-7-14;15-14(16)11-6-5-10-7-9-3-1-2-4-12(9)13(10)8-11/h1-17,19-20H,18H2;1-19,31H;1-12H;1-6,8,15-16H,7H2. The van der Waals surface area contributed by atoms with Gasteiger partial charge < -0.3 is 28.7 Å². The minimum Gasteiger partial charge on any atom is -0.423 e. The summed E-state index contributed by atoms with van der Waals surface area (Å²) < 4.78 is 8.16. The zero-order chi connectivity index (χ0) is 66.8. The third kappa shape index (κ3) is 10.8. The number of para-hydroxylation sites is 7. The van der Waals surface area contributed by atoms with Crippen LogP contribution in [0.1, 0.15) is 22.3 Å². The van der Waals surface area contributed by atoms with Gasteiger partial charge in [0, 0.05) is 75.7 Å². The second kappa shape index (κ2) is 25.4. The third-order valence-electron chi connectivity index (χ3n) is 20.1. The maximum absolute atomic E-state index is 9.16. The zero-order valence-corrected chi connectivity index (χ0v) is 56.1. The summed E-state index contributed by atoms with van der Waals surface area (Å²) in [5.74, 6) is 0. The maximum Gasteiger partial charge on any atom is 0.488 e. The molecule has 0 spiro atoms. The lowest BCUT2D eigenvalue weighted by Crippen LogP contribution is -2.29. The van der Waals surface area contributed by atoms with Gasteiger partial charge in [-0.1, -0.05) is 240 Å². The highest BCUT2D eigenvalue weighted by Gasteiger charge is 2.23. The first-order valence-corrected chi connectivity index (χ1v) is 34.8. The quantitative estimate of drug-likeness (QED) is 0.145. The molecular weight excluding hydrogens is 1280 g/mol. The van der Waals surface area contributed by atoms with Crippen LogP contribution in [0.2, 0.25) is 0 Å². The summed E-state index contributed by atoms with van der Waals surface area (Å²) >= 11 is 3.57. The SMILES string of the molecule is Brc1ccc2c(c1)c1ccccc1n2-c1ccccc1.OB(O)c1ccc2c(c1)-c1ccccc1C2.c1ccc(-n2c3ccccc3c3cc(-c4ccc5[nH]c6ccccc6c5c4)ccc32)cc1.c1ccc(-n2c3ccccc3c3cc(-c4ccc5c(c4)-c4ccccc4C5)ccc32)cc1. The lowest BCUT2D eigenvalue weighted by molar-refractivity contribution is 0.426. The van der Waals surface area contributed by atoms with E-state index < -0.39 is 7.12 Å². The van der Waals surface area contributed by atoms with Crippen molar-refractivity contribution in [2.75, 3.05) is 0 Å². The highest BCUT2D eigenvalue weighted by molar-refractivity contribution is 9.10. The highest BCUT2D eigenvalue weighted by atomic mass is 79.9. The van der Waals surface area contributed by atoms with Gasteiger partial charge in [0.15, 0.2) is 0 Å². The summed E-state index contributed by atoms with van der Waals surface area (Å²) in [6.45, 7) is 0. The van der Waals surface area contributed by atoms with E-state index in [0.717, 1.165) is 22.9 Å². The number of hydrogen-bond donors (Lipinski definition) is 3. The van der Waals surface area contributed by atoms with E-state index in [1.807, 2.05) is 30.3 Å². The molecule has 3 N–H and O–H groups in total. The summed E-state index contributed by atoms with van der Waals surface area (Å²) in [4.78, 5) is 3.53. The molecule has 0 atom stereocenters.